The standard InChI is InChI=1S/C28H33BrN10O4/c1-17-4-5-22-21(12-17)33-23(38(22)28(41)43-16-18(2)25(40)37-9-6-19(15-37)42-3)14-31-26-35-27(36-10-7-30-8-11-36)34-24-20(29)13-32-39(24)26/h4-5,12-13,19,30H,2,6-11,14-16H2,1,3H3,(H,31,34,35). The highest BCUT2D eigenvalue weighted by atomic mass is 79.9. The number of aryl methyl sites for hydroxylation is 1. The number of hydrogen-bond acceptors (Lipinski definition) is 11. The summed E-state index contributed by atoms with van der Waals surface area (Å²) in [6.07, 6.45) is 1.76. The summed E-state index contributed by atoms with van der Waals surface area (Å²) in [6, 6.07) is 5.64. The molecule has 226 valence electrons. The fourth-order valence-electron chi connectivity index (χ4n) is 5.28. The molecule has 0 aliphatic carbocycles. The van der Waals surface area contributed by atoms with Crippen LogP contribution in [-0.2, 0) is 20.8 Å². The molecule has 0 saturated carbocycles. The number of rotatable bonds is 8. The minimum absolute atomic E-state index is 0.00189. The zero-order chi connectivity index (χ0) is 30.1. The van der Waals surface area contributed by atoms with Crippen LogP contribution in [0.3, 0.4) is 0 Å². The average Bonchev–Trinajstić information content (AvgIpc) is 3.75. The van der Waals surface area contributed by atoms with Crippen LogP contribution in [0, 0.1) is 6.92 Å². The van der Waals surface area contributed by atoms with E-state index in [9.17, 15) is 9.59 Å². The van der Waals surface area contributed by atoms with E-state index in [0.717, 1.165) is 42.6 Å². The first-order valence-electron chi connectivity index (χ1n) is 14.1. The van der Waals surface area contributed by atoms with Crippen molar-refractivity contribution < 1.29 is 19.1 Å². The monoisotopic (exact) mass is 652 g/mol. The number of ether oxygens (including phenoxy) is 2. The number of piperazine rings is 1. The van der Waals surface area contributed by atoms with E-state index in [0.29, 0.717) is 47.5 Å². The van der Waals surface area contributed by atoms with Crippen LogP contribution in [-0.4, -0.2) is 105 Å². The van der Waals surface area contributed by atoms with Crippen LogP contribution in [0.5, 0.6) is 0 Å². The van der Waals surface area contributed by atoms with Crippen molar-refractivity contribution in [2.75, 3.05) is 63.2 Å². The Kier molecular flexibility index (Phi) is 8.27. The number of carbonyl (C=O) groups is 2. The predicted octanol–water partition coefficient (Wildman–Crippen LogP) is 2.35. The Hall–Kier alpha value is -4.08. The van der Waals surface area contributed by atoms with E-state index in [1.165, 1.54) is 4.57 Å². The van der Waals surface area contributed by atoms with Gasteiger partial charge in [0.05, 0.1) is 34.4 Å². The number of imidazole rings is 1. The summed E-state index contributed by atoms with van der Waals surface area (Å²) >= 11 is 3.53. The van der Waals surface area contributed by atoms with Crippen LogP contribution in [0.4, 0.5) is 16.7 Å². The summed E-state index contributed by atoms with van der Waals surface area (Å²) in [5.74, 6) is 1.19. The first-order chi connectivity index (χ1) is 20.8. The molecule has 1 amide bonds. The van der Waals surface area contributed by atoms with Gasteiger partial charge in [0.15, 0.2) is 5.65 Å². The number of hydrogen-bond donors (Lipinski definition) is 2. The third kappa shape index (κ3) is 5.92. The molecule has 14 nitrogen and oxygen atoms in total. The molecule has 1 atom stereocenters. The third-order valence-electron chi connectivity index (χ3n) is 7.62. The molecule has 4 aromatic rings. The summed E-state index contributed by atoms with van der Waals surface area (Å²) in [5, 5.41) is 11.1. The molecule has 2 aliphatic rings. The molecule has 6 rings (SSSR count). The summed E-state index contributed by atoms with van der Waals surface area (Å²) < 4.78 is 14.7. The summed E-state index contributed by atoms with van der Waals surface area (Å²) in [4.78, 5) is 44.3. The Labute approximate surface area is 256 Å². The maximum Gasteiger partial charge on any atom is 0.420 e. The number of fused-ring (bicyclic) bond motifs is 2. The van der Waals surface area contributed by atoms with Crippen LogP contribution in [0.2, 0.25) is 0 Å². The van der Waals surface area contributed by atoms with Crippen LogP contribution in [0.15, 0.2) is 41.0 Å². The second kappa shape index (κ2) is 12.3. The van der Waals surface area contributed by atoms with Gasteiger partial charge in [-0.3, -0.25) is 4.79 Å². The number of anilines is 2. The van der Waals surface area contributed by atoms with E-state index in [1.54, 1.807) is 22.7 Å². The van der Waals surface area contributed by atoms with Crippen molar-refractivity contribution in [2.24, 2.45) is 0 Å². The zero-order valence-electron chi connectivity index (χ0n) is 24.0. The van der Waals surface area contributed by atoms with Crippen molar-refractivity contribution >= 4 is 56.5 Å². The largest absolute Gasteiger partial charge is 0.444 e. The van der Waals surface area contributed by atoms with E-state index in [1.807, 2.05) is 25.1 Å². The smallest absolute Gasteiger partial charge is 0.420 e. The highest BCUT2D eigenvalue weighted by Crippen LogP contribution is 2.24. The maximum atomic E-state index is 13.5. The maximum absolute atomic E-state index is 13.5. The molecule has 43 heavy (non-hydrogen) atoms. The van der Waals surface area contributed by atoms with Gasteiger partial charge in [-0.2, -0.15) is 19.6 Å². The van der Waals surface area contributed by atoms with Gasteiger partial charge in [-0.1, -0.05) is 12.6 Å². The Balaban J connectivity index is 1.23. The molecule has 2 N–H and O–H groups in total. The van der Waals surface area contributed by atoms with Gasteiger partial charge in [0.2, 0.25) is 11.9 Å². The molecule has 2 saturated heterocycles. The fraction of sp³-hybridized carbons (Fsp3) is 0.429. The second-order valence-electron chi connectivity index (χ2n) is 10.6. The lowest BCUT2D eigenvalue weighted by molar-refractivity contribution is -0.126. The second-order valence-corrected chi connectivity index (χ2v) is 11.4. The normalized spacial score (nSPS) is 17.1. The Morgan fingerprint density at radius 3 is 2.77 bits per heavy atom. The van der Waals surface area contributed by atoms with Gasteiger partial charge in [-0.15, -0.1) is 0 Å². The van der Waals surface area contributed by atoms with Gasteiger partial charge in [0.25, 0.3) is 5.91 Å². The van der Waals surface area contributed by atoms with Crippen molar-refractivity contribution in [1.82, 2.24) is 39.3 Å². The molecule has 1 unspecified atom stereocenters. The molecule has 1 aromatic carbocycles. The van der Waals surface area contributed by atoms with E-state index >= 15 is 0 Å². The topological polar surface area (TPSA) is 144 Å². The summed E-state index contributed by atoms with van der Waals surface area (Å²) in [6.45, 7) is 10.0. The van der Waals surface area contributed by atoms with Crippen LogP contribution >= 0.6 is 15.9 Å². The average molecular weight is 654 g/mol. The number of methoxy groups -OCH3 is 1. The van der Waals surface area contributed by atoms with Gasteiger partial charge in [0, 0.05) is 52.0 Å². The first-order valence-corrected chi connectivity index (χ1v) is 14.9. The Morgan fingerprint density at radius 1 is 1.19 bits per heavy atom. The van der Waals surface area contributed by atoms with Crippen molar-refractivity contribution in [1.29, 1.82) is 0 Å². The number of carbonyl (C=O) groups excluding carboxylic acids is 2. The highest BCUT2D eigenvalue weighted by Gasteiger charge is 2.28. The lowest BCUT2D eigenvalue weighted by atomic mass is 10.2. The number of nitrogens with zero attached hydrogens (tertiary/aromatic N) is 8. The number of likely N-dealkylation sites (tertiary alicyclic amines) is 1. The molecule has 15 heteroatoms. The van der Waals surface area contributed by atoms with E-state index < -0.39 is 6.09 Å². The van der Waals surface area contributed by atoms with Gasteiger partial charge >= 0.3 is 6.09 Å². The number of nitrogens with one attached hydrogen (secondary N) is 2. The van der Waals surface area contributed by atoms with Gasteiger partial charge in [-0.25, -0.2) is 14.3 Å². The molecule has 2 aliphatic heterocycles. The molecule has 5 heterocycles. The summed E-state index contributed by atoms with van der Waals surface area (Å²) in [5.41, 5.74) is 3.04. The lowest BCUT2D eigenvalue weighted by Crippen LogP contribution is -2.44. The van der Waals surface area contributed by atoms with Crippen molar-refractivity contribution in [3.63, 3.8) is 0 Å². The number of aromatic nitrogens is 6. The highest BCUT2D eigenvalue weighted by molar-refractivity contribution is 9.10. The molecule has 2 fully saturated rings. The third-order valence-corrected chi connectivity index (χ3v) is 8.18. The molecular formula is C28H33BrN10O4. The van der Waals surface area contributed by atoms with Crippen molar-refractivity contribution in [3.8, 4) is 0 Å². The Bertz CT molecular complexity index is 1700. The molecule has 0 bridgehead atoms. The van der Waals surface area contributed by atoms with E-state index in [-0.39, 0.29) is 30.7 Å². The van der Waals surface area contributed by atoms with E-state index in [2.05, 4.69) is 43.1 Å². The quantitative estimate of drug-likeness (QED) is 0.271. The van der Waals surface area contributed by atoms with Crippen LogP contribution in [0.25, 0.3) is 16.7 Å². The van der Waals surface area contributed by atoms with Crippen LogP contribution in [0.1, 0.15) is 17.8 Å². The van der Waals surface area contributed by atoms with Gasteiger partial charge < -0.3 is 29.9 Å². The molecule has 3 aromatic heterocycles. The minimum Gasteiger partial charge on any atom is -0.444 e. The predicted molar refractivity (Wildman–Crippen MR) is 163 cm³/mol. The number of halogens is 1. The minimum atomic E-state index is -0.663. The van der Waals surface area contributed by atoms with E-state index in [4.69, 9.17) is 24.4 Å². The first kappa shape index (κ1) is 29.0. The number of amides is 1. The lowest BCUT2D eigenvalue weighted by Gasteiger charge is -2.27. The molecule has 0 radical (unpaired) electrons. The summed E-state index contributed by atoms with van der Waals surface area (Å²) in [7, 11) is 1.63. The zero-order valence-corrected chi connectivity index (χ0v) is 25.6. The van der Waals surface area contributed by atoms with Crippen LogP contribution < -0.4 is 15.5 Å². The SMILES string of the molecule is C=C(COC(=O)n1c(CNc2nc(N3CCNCC3)nc3c(Br)cnn23)nc2cc(C)ccc21)C(=O)N1CCC(OC)C1. The molecule has 0 spiro atoms. The molecular weight excluding hydrogens is 620 g/mol. The van der Waals surface area contributed by atoms with Gasteiger partial charge in [-0.05, 0) is 47.0 Å². The fourth-order valence-corrected chi connectivity index (χ4v) is 5.63. The van der Waals surface area contributed by atoms with Crippen molar-refractivity contribution in [3.05, 3.63) is 52.4 Å². The van der Waals surface area contributed by atoms with Crippen molar-refractivity contribution in [2.45, 2.75) is 26.0 Å². The Morgan fingerprint density at radius 2 is 2.00 bits per heavy atom. The number of benzene rings is 1. The van der Waals surface area contributed by atoms with Gasteiger partial charge in [0.1, 0.15) is 12.4 Å².